The second kappa shape index (κ2) is 10.9. The number of para-hydroxylation sites is 1. The van der Waals surface area contributed by atoms with Crippen LogP contribution in [0.2, 0.25) is 0 Å². The molecule has 6 nitrogen and oxygen atoms in total. The summed E-state index contributed by atoms with van der Waals surface area (Å²) in [6.07, 6.45) is 0. The Balaban J connectivity index is 1.49. The van der Waals surface area contributed by atoms with Crippen molar-refractivity contribution in [1.29, 1.82) is 0 Å². The summed E-state index contributed by atoms with van der Waals surface area (Å²) in [5, 5.41) is 5.85. The van der Waals surface area contributed by atoms with E-state index in [0.717, 1.165) is 11.4 Å². The molecule has 0 heterocycles. The third-order valence-corrected chi connectivity index (χ3v) is 4.19. The second-order valence-electron chi connectivity index (χ2n) is 6.21. The normalized spacial score (nSPS) is 10.2. The molecular weight excluding hydrogens is 400 g/mol. The third kappa shape index (κ3) is 6.58. The van der Waals surface area contributed by atoms with Gasteiger partial charge in [0, 0.05) is 18.4 Å². The van der Waals surface area contributed by atoms with Crippen molar-refractivity contribution in [3.05, 3.63) is 84.4 Å². The van der Waals surface area contributed by atoms with E-state index in [9.17, 15) is 4.79 Å². The van der Waals surface area contributed by atoms with Gasteiger partial charge in [-0.25, -0.2) is 0 Å². The molecule has 3 rings (SSSR count). The smallest absolute Gasteiger partial charge is 0.257 e. The van der Waals surface area contributed by atoms with E-state index in [-0.39, 0.29) is 11.0 Å². The molecule has 3 aromatic carbocycles. The molecule has 1 amide bonds. The van der Waals surface area contributed by atoms with Crippen molar-refractivity contribution in [3.8, 4) is 17.2 Å². The summed E-state index contributed by atoms with van der Waals surface area (Å²) < 4.78 is 16.2. The number of hydrogen-bond acceptors (Lipinski definition) is 5. The largest absolute Gasteiger partial charge is 0.491 e. The fraction of sp³-hybridized carbons (Fsp3) is 0.130. The fourth-order valence-electron chi connectivity index (χ4n) is 2.51. The number of methoxy groups -OCH3 is 1. The third-order valence-electron chi connectivity index (χ3n) is 3.99. The summed E-state index contributed by atoms with van der Waals surface area (Å²) in [4.78, 5) is 12.4. The van der Waals surface area contributed by atoms with E-state index in [1.165, 1.54) is 0 Å². The Hall–Kier alpha value is -3.42. The van der Waals surface area contributed by atoms with Gasteiger partial charge in [0.1, 0.15) is 23.9 Å². The Bertz CT molecular complexity index is 961. The molecule has 2 N–H and O–H groups in total. The van der Waals surface area contributed by atoms with Gasteiger partial charge in [0.2, 0.25) is 0 Å². The van der Waals surface area contributed by atoms with Crippen molar-refractivity contribution in [2.75, 3.05) is 25.6 Å². The molecule has 30 heavy (non-hydrogen) atoms. The predicted octanol–water partition coefficient (Wildman–Crippen LogP) is 4.63. The molecule has 3 aromatic rings. The number of amides is 1. The number of rotatable bonds is 8. The van der Waals surface area contributed by atoms with Crippen LogP contribution in [0, 0.1) is 0 Å². The van der Waals surface area contributed by atoms with Crippen molar-refractivity contribution in [2.24, 2.45) is 0 Å². The van der Waals surface area contributed by atoms with Crippen LogP contribution in [0.5, 0.6) is 17.2 Å². The van der Waals surface area contributed by atoms with Gasteiger partial charge in [0.15, 0.2) is 5.11 Å². The number of carbonyl (C=O) groups is 1. The molecule has 0 bridgehead atoms. The molecule has 0 saturated heterocycles. The van der Waals surface area contributed by atoms with Crippen LogP contribution in [0.4, 0.5) is 5.69 Å². The SMILES string of the molecule is COCCOc1ccc(C(=O)NC(=S)Nc2ccc(Oc3ccccc3)cc2)cc1. The lowest BCUT2D eigenvalue weighted by atomic mass is 10.2. The highest BCUT2D eigenvalue weighted by Crippen LogP contribution is 2.22. The number of benzene rings is 3. The molecule has 154 valence electrons. The summed E-state index contributed by atoms with van der Waals surface area (Å²) >= 11 is 5.23. The van der Waals surface area contributed by atoms with Gasteiger partial charge in [0.05, 0.1) is 6.61 Å². The molecular formula is C23H22N2O4S. The Morgan fingerprint density at radius 1 is 0.833 bits per heavy atom. The van der Waals surface area contributed by atoms with E-state index in [1.54, 1.807) is 31.4 Å². The first kappa shape index (κ1) is 21.3. The lowest BCUT2D eigenvalue weighted by Crippen LogP contribution is -2.34. The van der Waals surface area contributed by atoms with Gasteiger partial charge in [0.25, 0.3) is 5.91 Å². The first-order chi connectivity index (χ1) is 14.6. The summed E-state index contributed by atoms with van der Waals surface area (Å²) in [6.45, 7) is 0.951. The highest BCUT2D eigenvalue weighted by Gasteiger charge is 2.08. The van der Waals surface area contributed by atoms with Gasteiger partial charge in [-0.15, -0.1) is 0 Å². The molecule has 0 radical (unpaired) electrons. The van der Waals surface area contributed by atoms with Crippen LogP contribution in [0.3, 0.4) is 0 Å². The molecule has 0 aliphatic carbocycles. The number of carbonyl (C=O) groups excluding carboxylic acids is 1. The molecule has 0 saturated carbocycles. The van der Waals surface area contributed by atoms with Crippen LogP contribution in [-0.2, 0) is 4.74 Å². The number of thiocarbonyl (C=S) groups is 1. The number of hydrogen-bond donors (Lipinski definition) is 2. The zero-order valence-electron chi connectivity index (χ0n) is 16.5. The van der Waals surface area contributed by atoms with Crippen molar-refractivity contribution >= 4 is 28.9 Å². The first-order valence-corrected chi connectivity index (χ1v) is 9.72. The van der Waals surface area contributed by atoms with Gasteiger partial charge in [-0.05, 0) is 72.9 Å². The minimum atomic E-state index is -0.306. The van der Waals surface area contributed by atoms with E-state index in [1.807, 2.05) is 54.6 Å². The highest BCUT2D eigenvalue weighted by molar-refractivity contribution is 7.80. The zero-order chi connectivity index (χ0) is 21.2. The number of nitrogens with one attached hydrogen (secondary N) is 2. The number of ether oxygens (including phenoxy) is 3. The Kier molecular flexibility index (Phi) is 7.77. The van der Waals surface area contributed by atoms with Crippen LogP contribution in [0.25, 0.3) is 0 Å². The number of anilines is 1. The van der Waals surface area contributed by atoms with Crippen LogP contribution >= 0.6 is 12.2 Å². The van der Waals surface area contributed by atoms with Gasteiger partial charge < -0.3 is 19.5 Å². The van der Waals surface area contributed by atoms with Gasteiger partial charge in [-0.3, -0.25) is 10.1 Å². The van der Waals surface area contributed by atoms with Crippen LogP contribution < -0.4 is 20.1 Å². The van der Waals surface area contributed by atoms with Crippen molar-refractivity contribution in [3.63, 3.8) is 0 Å². The minimum Gasteiger partial charge on any atom is -0.491 e. The van der Waals surface area contributed by atoms with Crippen LogP contribution in [-0.4, -0.2) is 31.3 Å². The molecule has 0 aliphatic heterocycles. The van der Waals surface area contributed by atoms with Crippen molar-refractivity contribution in [1.82, 2.24) is 5.32 Å². The quantitative estimate of drug-likeness (QED) is 0.407. The zero-order valence-corrected chi connectivity index (χ0v) is 17.3. The fourth-order valence-corrected chi connectivity index (χ4v) is 2.72. The van der Waals surface area contributed by atoms with E-state index < -0.39 is 0 Å². The molecule has 7 heteroatoms. The molecule has 0 spiro atoms. The van der Waals surface area contributed by atoms with Gasteiger partial charge >= 0.3 is 0 Å². The highest BCUT2D eigenvalue weighted by atomic mass is 32.1. The Morgan fingerprint density at radius 3 is 2.13 bits per heavy atom. The Labute approximate surface area is 180 Å². The van der Waals surface area contributed by atoms with Crippen molar-refractivity contribution in [2.45, 2.75) is 0 Å². The minimum absolute atomic E-state index is 0.206. The topological polar surface area (TPSA) is 68.8 Å². The monoisotopic (exact) mass is 422 g/mol. The maximum Gasteiger partial charge on any atom is 0.257 e. The lowest BCUT2D eigenvalue weighted by molar-refractivity contribution is 0.0977. The van der Waals surface area contributed by atoms with E-state index in [2.05, 4.69) is 10.6 Å². The molecule has 0 aromatic heterocycles. The van der Waals surface area contributed by atoms with E-state index in [4.69, 9.17) is 26.4 Å². The van der Waals surface area contributed by atoms with Gasteiger partial charge in [-0.1, -0.05) is 18.2 Å². The van der Waals surface area contributed by atoms with E-state index in [0.29, 0.717) is 30.3 Å². The maximum atomic E-state index is 12.4. The summed E-state index contributed by atoms with van der Waals surface area (Å²) in [7, 11) is 1.61. The Morgan fingerprint density at radius 2 is 1.47 bits per heavy atom. The molecule has 0 aliphatic rings. The summed E-state index contributed by atoms with van der Waals surface area (Å²) in [6, 6.07) is 23.6. The standard InChI is InChI=1S/C23H22N2O4S/c1-27-15-16-28-19-11-7-17(8-12-19)22(26)25-23(30)24-18-9-13-21(14-10-18)29-20-5-3-2-4-6-20/h2-14H,15-16H2,1H3,(H2,24,25,26,30). The second-order valence-corrected chi connectivity index (χ2v) is 6.62. The molecule has 0 fully saturated rings. The average molecular weight is 423 g/mol. The average Bonchev–Trinajstić information content (AvgIpc) is 2.76. The first-order valence-electron chi connectivity index (χ1n) is 9.31. The van der Waals surface area contributed by atoms with Crippen LogP contribution in [0.15, 0.2) is 78.9 Å². The predicted molar refractivity (Wildman–Crippen MR) is 120 cm³/mol. The van der Waals surface area contributed by atoms with Crippen molar-refractivity contribution < 1.29 is 19.0 Å². The summed E-state index contributed by atoms with van der Waals surface area (Å²) in [5.41, 5.74) is 1.22. The maximum absolute atomic E-state index is 12.4. The molecule has 0 unspecified atom stereocenters. The van der Waals surface area contributed by atoms with E-state index >= 15 is 0 Å². The summed E-state index contributed by atoms with van der Waals surface area (Å²) in [5.74, 6) is 1.83. The molecule has 0 atom stereocenters. The van der Waals surface area contributed by atoms with Crippen LogP contribution in [0.1, 0.15) is 10.4 Å². The lowest BCUT2D eigenvalue weighted by Gasteiger charge is -2.11. The van der Waals surface area contributed by atoms with Gasteiger partial charge in [-0.2, -0.15) is 0 Å².